The first-order valence-corrected chi connectivity index (χ1v) is 5.76. The van der Waals surface area contributed by atoms with Gasteiger partial charge in [0.05, 0.1) is 0 Å². The molecule has 18 heavy (non-hydrogen) atoms. The minimum atomic E-state index is -0.812. The van der Waals surface area contributed by atoms with Gasteiger partial charge >= 0.3 is 5.97 Å². The quantitative estimate of drug-likeness (QED) is 0.876. The predicted octanol–water partition coefficient (Wildman–Crippen LogP) is 2.45. The Labute approximate surface area is 104 Å². The van der Waals surface area contributed by atoms with Crippen molar-refractivity contribution in [1.82, 2.24) is 10.2 Å². The molecule has 0 amide bonds. The second-order valence-electron chi connectivity index (χ2n) is 4.11. The number of rotatable bonds is 5. The molecule has 0 bridgehead atoms. The van der Waals surface area contributed by atoms with E-state index >= 15 is 0 Å². The van der Waals surface area contributed by atoms with Crippen LogP contribution in [0.5, 0.6) is 0 Å². The van der Waals surface area contributed by atoms with E-state index in [2.05, 4.69) is 10.2 Å². The number of aryl methyl sites for hydroxylation is 2. The molecular formula is C13H14N2O3. The predicted molar refractivity (Wildman–Crippen MR) is 65.0 cm³/mol. The van der Waals surface area contributed by atoms with Crippen molar-refractivity contribution in [2.75, 3.05) is 0 Å². The third-order valence-electron chi connectivity index (χ3n) is 2.55. The fraction of sp³-hybridized carbons (Fsp3) is 0.308. The highest BCUT2D eigenvalue weighted by Crippen LogP contribution is 2.18. The number of carbonyl (C=O) groups is 1. The summed E-state index contributed by atoms with van der Waals surface area (Å²) in [4.78, 5) is 10.4. The van der Waals surface area contributed by atoms with Gasteiger partial charge in [-0.05, 0) is 25.5 Å². The normalized spacial score (nSPS) is 10.5. The third kappa shape index (κ3) is 3.16. The van der Waals surface area contributed by atoms with Gasteiger partial charge in [-0.25, -0.2) is 0 Å². The largest absolute Gasteiger partial charge is 0.481 e. The lowest BCUT2D eigenvalue weighted by Crippen LogP contribution is -1.95. The van der Waals surface area contributed by atoms with Gasteiger partial charge in [-0.15, -0.1) is 10.2 Å². The molecule has 0 atom stereocenters. The minimum absolute atomic E-state index is 0.113. The molecule has 0 saturated heterocycles. The third-order valence-corrected chi connectivity index (χ3v) is 2.55. The molecule has 1 heterocycles. The zero-order valence-electron chi connectivity index (χ0n) is 10.1. The van der Waals surface area contributed by atoms with Crippen LogP contribution in [0.1, 0.15) is 24.3 Å². The Kier molecular flexibility index (Phi) is 3.72. The van der Waals surface area contributed by atoms with E-state index in [1.54, 1.807) is 0 Å². The molecule has 94 valence electrons. The SMILES string of the molecule is Cc1ccc(-c2nnc(CCCC(=O)O)o2)cc1. The summed E-state index contributed by atoms with van der Waals surface area (Å²) in [5, 5.41) is 16.4. The average Bonchev–Trinajstić information content (AvgIpc) is 2.78. The number of hydrogen-bond donors (Lipinski definition) is 1. The summed E-state index contributed by atoms with van der Waals surface area (Å²) in [6.45, 7) is 2.01. The summed E-state index contributed by atoms with van der Waals surface area (Å²) in [6.07, 6.45) is 1.11. The van der Waals surface area contributed by atoms with E-state index in [1.807, 2.05) is 31.2 Å². The first-order chi connectivity index (χ1) is 8.65. The maximum atomic E-state index is 10.4. The summed E-state index contributed by atoms with van der Waals surface area (Å²) in [5.74, 6) is 0.139. The number of benzene rings is 1. The van der Waals surface area contributed by atoms with Crippen LogP contribution in [-0.2, 0) is 11.2 Å². The Hall–Kier alpha value is -2.17. The van der Waals surface area contributed by atoms with Crippen LogP contribution in [0.3, 0.4) is 0 Å². The summed E-state index contributed by atoms with van der Waals surface area (Å²) < 4.78 is 5.48. The van der Waals surface area contributed by atoms with Gasteiger partial charge in [0.15, 0.2) is 0 Å². The van der Waals surface area contributed by atoms with Gasteiger partial charge in [-0.2, -0.15) is 0 Å². The van der Waals surface area contributed by atoms with Crippen LogP contribution in [0.2, 0.25) is 0 Å². The fourth-order valence-electron chi connectivity index (χ4n) is 1.56. The van der Waals surface area contributed by atoms with Crippen LogP contribution >= 0.6 is 0 Å². The van der Waals surface area contributed by atoms with E-state index in [0.717, 1.165) is 5.56 Å². The number of hydrogen-bond acceptors (Lipinski definition) is 4. The van der Waals surface area contributed by atoms with Crippen LogP contribution in [0.4, 0.5) is 0 Å². The molecular weight excluding hydrogens is 232 g/mol. The fourth-order valence-corrected chi connectivity index (χ4v) is 1.56. The van der Waals surface area contributed by atoms with Crippen LogP contribution in [-0.4, -0.2) is 21.3 Å². The van der Waals surface area contributed by atoms with E-state index in [9.17, 15) is 4.79 Å². The molecule has 2 rings (SSSR count). The molecule has 0 radical (unpaired) electrons. The van der Waals surface area contributed by atoms with Gasteiger partial charge in [-0.1, -0.05) is 17.7 Å². The molecule has 1 aromatic heterocycles. The van der Waals surface area contributed by atoms with E-state index in [4.69, 9.17) is 9.52 Å². The molecule has 0 aliphatic rings. The smallest absolute Gasteiger partial charge is 0.303 e. The second-order valence-corrected chi connectivity index (χ2v) is 4.11. The highest BCUT2D eigenvalue weighted by molar-refractivity contribution is 5.66. The van der Waals surface area contributed by atoms with Crippen molar-refractivity contribution in [3.63, 3.8) is 0 Å². The Morgan fingerprint density at radius 1 is 1.28 bits per heavy atom. The second kappa shape index (κ2) is 5.44. The maximum Gasteiger partial charge on any atom is 0.303 e. The summed E-state index contributed by atoms with van der Waals surface area (Å²) in [5.41, 5.74) is 2.04. The monoisotopic (exact) mass is 246 g/mol. The lowest BCUT2D eigenvalue weighted by Gasteiger charge is -1.95. The Balaban J connectivity index is 2.01. The van der Waals surface area contributed by atoms with Gasteiger partial charge in [0, 0.05) is 18.4 Å². The molecule has 2 aromatic rings. The van der Waals surface area contributed by atoms with E-state index in [0.29, 0.717) is 24.6 Å². The highest BCUT2D eigenvalue weighted by atomic mass is 16.4. The van der Waals surface area contributed by atoms with Crippen molar-refractivity contribution in [2.45, 2.75) is 26.2 Å². The van der Waals surface area contributed by atoms with Crippen molar-refractivity contribution in [2.24, 2.45) is 0 Å². The summed E-state index contributed by atoms with van der Waals surface area (Å²) >= 11 is 0. The lowest BCUT2D eigenvalue weighted by molar-refractivity contribution is -0.137. The first-order valence-electron chi connectivity index (χ1n) is 5.76. The molecule has 0 spiro atoms. The molecule has 0 unspecified atom stereocenters. The molecule has 1 aromatic carbocycles. The standard InChI is InChI=1S/C13H14N2O3/c1-9-5-7-10(8-6-9)13-15-14-11(18-13)3-2-4-12(16)17/h5-8H,2-4H2,1H3,(H,16,17). The first kappa shape index (κ1) is 12.3. The van der Waals surface area contributed by atoms with Crippen molar-refractivity contribution < 1.29 is 14.3 Å². The molecule has 0 fully saturated rings. The van der Waals surface area contributed by atoms with Crippen LogP contribution in [0.15, 0.2) is 28.7 Å². The van der Waals surface area contributed by atoms with Gasteiger partial charge < -0.3 is 9.52 Å². The average molecular weight is 246 g/mol. The molecule has 0 aliphatic carbocycles. The van der Waals surface area contributed by atoms with Gasteiger partial charge in [0.2, 0.25) is 11.8 Å². The molecule has 5 heteroatoms. The number of aliphatic carboxylic acids is 1. The summed E-state index contributed by atoms with van der Waals surface area (Å²) in [7, 11) is 0. The molecule has 0 saturated carbocycles. The van der Waals surface area contributed by atoms with Crippen LogP contribution in [0, 0.1) is 6.92 Å². The minimum Gasteiger partial charge on any atom is -0.481 e. The van der Waals surface area contributed by atoms with E-state index < -0.39 is 5.97 Å². The lowest BCUT2D eigenvalue weighted by atomic mass is 10.1. The van der Waals surface area contributed by atoms with Crippen molar-refractivity contribution in [3.8, 4) is 11.5 Å². The van der Waals surface area contributed by atoms with Crippen molar-refractivity contribution in [1.29, 1.82) is 0 Å². The van der Waals surface area contributed by atoms with Gasteiger partial charge in [0.25, 0.3) is 0 Å². The summed E-state index contributed by atoms with van der Waals surface area (Å²) in [6, 6.07) is 7.79. The number of aromatic nitrogens is 2. The van der Waals surface area contributed by atoms with E-state index in [-0.39, 0.29) is 6.42 Å². The Morgan fingerprint density at radius 3 is 2.67 bits per heavy atom. The van der Waals surface area contributed by atoms with Gasteiger partial charge in [-0.3, -0.25) is 4.79 Å². The number of carboxylic acid groups (broad SMARTS) is 1. The topological polar surface area (TPSA) is 76.2 Å². The van der Waals surface area contributed by atoms with Crippen molar-refractivity contribution in [3.05, 3.63) is 35.7 Å². The maximum absolute atomic E-state index is 10.4. The molecule has 0 aliphatic heterocycles. The Morgan fingerprint density at radius 2 is 2.00 bits per heavy atom. The van der Waals surface area contributed by atoms with Crippen molar-refractivity contribution >= 4 is 5.97 Å². The number of nitrogens with zero attached hydrogens (tertiary/aromatic N) is 2. The zero-order valence-corrected chi connectivity index (χ0v) is 10.1. The zero-order chi connectivity index (χ0) is 13.0. The van der Waals surface area contributed by atoms with E-state index in [1.165, 1.54) is 5.56 Å². The van der Waals surface area contributed by atoms with Crippen LogP contribution < -0.4 is 0 Å². The number of carboxylic acids is 1. The highest BCUT2D eigenvalue weighted by Gasteiger charge is 2.08. The molecule has 5 nitrogen and oxygen atoms in total. The van der Waals surface area contributed by atoms with Gasteiger partial charge in [0.1, 0.15) is 0 Å². The van der Waals surface area contributed by atoms with Crippen LogP contribution in [0.25, 0.3) is 11.5 Å². The molecule has 1 N–H and O–H groups in total. The Bertz CT molecular complexity index is 531.